The highest BCUT2D eigenvalue weighted by Gasteiger charge is 2.29. The number of carbonyl (C=O) groups is 1. The van der Waals surface area contributed by atoms with E-state index in [0.29, 0.717) is 6.04 Å². The number of carboxylic acid groups (broad SMARTS) is 1. The molecule has 1 aromatic rings. The number of aromatic nitrogens is 1. The van der Waals surface area contributed by atoms with Crippen molar-refractivity contribution >= 4 is 11.8 Å². The molecular formula is C11H15N3O2. The van der Waals surface area contributed by atoms with E-state index in [0.717, 1.165) is 18.9 Å². The van der Waals surface area contributed by atoms with E-state index in [1.807, 2.05) is 20.2 Å². The normalized spacial score (nSPS) is 16.3. The summed E-state index contributed by atoms with van der Waals surface area (Å²) in [6.45, 7) is 1.81. The minimum atomic E-state index is -0.980. The van der Waals surface area contributed by atoms with E-state index in [1.165, 1.54) is 6.07 Å². The van der Waals surface area contributed by atoms with E-state index in [2.05, 4.69) is 14.8 Å². The Kier molecular flexibility index (Phi) is 2.78. The molecule has 16 heavy (non-hydrogen) atoms. The van der Waals surface area contributed by atoms with Crippen molar-refractivity contribution in [3.63, 3.8) is 0 Å². The predicted octanol–water partition coefficient (Wildman–Crippen LogP) is 0.530. The molecule has 0 saturated carbocycles. The van der Waals surface area contributed by atoms with Crippen LogP contribution in [0.4, 0.5) is 5.82 Å². The molecule has 0 amide bonds. The largest absolute Gasteiger partial charge is 0.477 e. The number of anilines is 1. The number of hydrogen-bond donors (Lipinski definition) is 1. The summed E-state index contributed by atoms with van der Waals surface area (Å²) >= 11 is 0. The Morgan fingerprint density at radius 2 is 2.19 bits per heavy atom. The lowest BCUT2D eigenvalue weighted by atomic mass is 10.1. The Labute approximate surface area is 94.3 Å². The molecule has 5 heteroatoms. The Morgan fingerprint density at radius 3 is 2.75 bits per heavy atom. The lowest BCUT2D eigenvalue weighted by molar-refractivity contribution is 0.0690. The summed E-state index contributed by atoms with van der Waals surface area (Å²) in [7, 11) is 4.09. The zero-order valence-corrected chi connectivity index (χ0v) is 9.42. The molecule has 1 N–H and O–H groups in total. The van der Waals surface area contributed by atoms with Crippen LogP contribution in [-0.4, -0.2) is 54.2 Å². The molecule has 0 bridgehead atoms. The van der Waals surface area contributed by atoms with Crippen LogP contribution < -0.4 is 4.90 Å². The average Bonchev–Trinajstić information content (AvgIpc) is 2.15. The highest BCUT2D eigenvalue weighted by molar-refractivity contribution is 5.85. The quantitative estimate of drug-likeness (QED) is 0.807. The number of carboxylic acids is 1. The third-order valence-corrected chi connectivity index (χ3v) is 2.87. The molecule has 0 spiro atoms. The van der Waals surface area contributed by atoms with Gasteiger partial charge in [-0.05, 0) is 26.2 Å². The van der Waals surface area contributed by atoms with Crippen LogP contribution in [0.5, 0.6) is 0 Å². The summed E-state index contributed by atoms with van der Waals surface area (Å²) in [4.78, 5) is 19.1. The summed E-state index contributed by atoms with van der Waals surface area (Å²) in [5.41, 5.74) is 0.103. The van der Waals surface area contributed by atoms with Gasteiger partial charge in [-0.2, -0.15) is 0 Å². The van der Waals surface area contributed by atoms with Gasteiger partial charge in [0.05, 0.1) is 0 Å². The third-order valence-electron chi connectivity index (χ3n) is 2.87. The van der Waals surface area contributed by atoms with E-state index in [1.54, 1.807) is 6.07 Å². The topological polar surface area (TPSA) is 56.7 Å². The first kappa shape index (κ1) is 10.9. The third kappa shape index (κ3) is 1.99. The van der Waals surface area contributed by atoms with Crippen LogP contribution in [0.3, 0.4) is 0 Å². The van der Waals surface area contributed by atoms with Crippen LogP contribution in [0.15, 0.2) is 18.2 Å². The molecule has 0 radical (unpaired) electrons. The average molecular weight is 221 g/mol. The van der Waals surface area contributed by atoms with Gasteiger partial charge in [0.25, 0.3) is 0 Å². The van der Waals surface area contributed by atoms with Gasteiger partial charge in [-0.1, -0.05) is 6.07 Å². The second-order valence-electron chi connectivity index (χ2n) is 4.21. The first-order valence-electron chi connectivity index (χ1n) is 5.19. The van der Waals surface area contributed by atoms with Gasteiger partial charge in [0.15, 0.2) is 5.69 Å². The van der Waals surface area contributed by atoms with Gasteiger partial charge in [0.1, 0.15) is 5.82 Å². The molecule has 0 aromatic carbocycles. The Morgan fingerprint density at radius 1 is 1.50 bits per heavy atom. The molecule has 0 unspecified atom stereocenters. The maximum absolute atomic E-state index is 10.8. The number of pyridine rings is 1. The molecule has 2 heterocycles. The lowest BCUT2D eigenvalue weighted by Gasteiger charge is -2.43. The van der Waals surface area contributed by atoms with Gasteiger partial charge in [0.2, 0.25) is 0 Å². The fourth-order valence-corrected chi connectivity index (χ4v) is 1.69. The molecule has 5 nitrogen and oxygen atoms in total. The minimum absolute atomic E-state index is 0.103. The molecule has 86 valence electrons. The van der Waals surface area contributed by atoms with Crippen LogP contribution >= 0.6 is 0 Å². The van der Waals surface area contributed by atoms with Gasteiger partial charge >= 0.3 is 5.97 Å². The van der Waals surface area contributed by atoms with Crippen molar-refractivity contribution < 1.29 is 9.90 Å². The highest BCUT2D eigenvalue weighted by atomic mass is 16.4. The molecule has 2 rings (SSSR count). The number of likely N-dealkylation sites (N-methyl/N-ethyl adjacent to an activating group) is 1. The van der Waals surface area contributed by atoms with Crippen molar-refractivity contribution in [1.82, 2.24) is 9.88 Å². The fraction of sp³-hybridized carbons (Fsp3) is 0.455. The van der Waals surface area contributed by atoms with E-state index in [-0.39, 0.29) is 5.69 Å². The molecule has 0 aliphatic carbocycles. The second-order valence-corrected chi connectivity index (χ2v) is 4.21. The Bertz CT molecular complexity index is 400. The first-order chi connectivity index (χ1) is 7.58. The van der Waals surface area contributed by atoms with Crippen LogP contribution in [0.2, 0.25) is 0 Å². The van der Waals surface area contributed by atoms with E-state index in [9.17, 15) is 4.79 Å². The summed E-state index contributed by atoms with van der Waals surface area (Å²) in [5.74, 6) is -0.232. The maximum atomic E-state index is 10.8. The zero-order chi connectivity index (χ0) is 11.7. The smallest absolute Gasteiger partial charge is 0.354 e. The summed E-state index contributed by atoms with van der Waals surface area (Å²) in [6, 6.07) is 5.62. The zero-order valence-electron chi connectivity index (χ0n) is 9.42. The molecule has 1 aliphatic heterocycles. The summed E-state index contributed by atoms with van der Waals surface area (Å²) < 4.78 is 0. The van der Waals surface area contributed by atoms with E-state index in [4.69, 9.17) is 5.11 Å². The van der Waals surface area contributed by atoms with Crippen molar-refractivity contribution in [3.8, 4) is 0 Å². The lowest BCUT2D eigenvalue weighted by Crippen LogP contribution is -2.57. The standard InChI is InChI=1S/C11H15N3O2/c1-13(2)8-6-14(7-8)10-5-3-4-9(12-10)11(15)16/h3-5,8H,6-7H2,1-2H3,(H,15,16). The van der Waals surface area contributed by atoms with E-state index >= 15 is 0 Å². The Balaban J connectivity index is 2.06. The van der Waals surface area contributed by atoms with Crippen LogP contribution in [0.1, 0.15) is 10.5 Å². The van der Waals surface area contributed by atoms with Crippen LogP contribution in [0.25, 0.3) is 0 Å². The number of aromatic carboxylic acids is 1. The Hall–Kier alpha value is -1.62. The fourth-order valence-electron chi connectivity index (χ4n) is 1.69. The first-order valence-corrected chi connectivity index (χ1v) is 5.19. The van der Waals surface area contributed by atoms with Crippen molar-refractivity contribution in [3.05, 3.63) is 23.9 Å². The van der Waals surface area contributed by atoms with Gasteiger partial charge in [-0.15, -0.1) is 0 Å². The van der Waals surface area contributed by atoms with Gasteiger partial charge in [0, 0.05) is 19.1 Å². The number of nitrogens with zero attached hydrogens (tertiary/aromatic N) is 3. The van der Waals surface area contributed by atoms with Gasteiger partial charge in [-0.3, -0.25) is 0 Å². The van der Waals surface area contributed by atoms with Crippen molar-refractivity contribution in [1.29, 1.82) is 0 Å². The SMILES string of the molecule is CN(C)C1CN(c2cccc(C(=O)O)n2)C1. The monoisotopic (exact) mass is 221 g/mol. The molecule has 1 aliphatic rings. The van der Waals surface area contributed by atoms with Gasteiger partial charge < -0.3 is 14.9 Å². The second kappa shape index (κ2) is 4.09. The van der Waals surface area contributed by atoms with Crippen LogP contribution in [0, 0.1) is 0 Å². The summed E-state index contributed by atoms with van der Waals surface area (Å²) in [5, 5.41) is 8.83. The summed E-state index contributed by atoms with van der Waals surface area (Å²) in [6.07, 6.45) is 0. The molecule has 1 fully saturated rings. The van der Waals surface area contributed by atoms with Crippen molar-refractivity contribution in [2.75, 3.05) is 32.1 Å². The number of hydrogen-bond acceptors (Lipinski definition) is 4. The molecule has 1 saturated heterocycles. The minimum Gasteiger partial charge on any atom is -0.477 e. The maximum Gasteiger partial charge on any atom is 0.354 e. The van der Waals surface area contributed by atoms with Crippen molar-refractivity contribution in [2.45, 2.75) is 6.04 Å². The van der Waals surface area contributed by atoms with Crippen molar-refractivity contribution in [2.24, 2.45) is 0 Å². The molecule has 1 aromatic heterocycles. The molecular weight excluding hydrogens is 206 g/mol. The predicted molar refractivity (Wildman–Crippen MR) is 60.9 cm³/mol. The van der Waals surface area contributed by atoms with Crippen LogP contribution in [-0.2, 0) is 0 Å². The van der Waals surface area contributed by atoms with E-state index < -0.39 is 5.97 Å². The molecule has 0 atom stereocenters. The van der Waals surface area contributed by atoms with Gasteiger partial charge in [-0.25, -0.2) is 9.78 Å². The highest BCUT2D eigenvalue weighted by Crippen LogP contribution is 2.20. The number of rotatable bonds is 3.